The average molecular weight is 492 g/mol. The highest BCUT2D eigenvalue weighted by atomic mass is 32.2. The second kappa shape index (κ2) is 13.6. The number of pyridine rings is 1. The van der Waals surface area contributed by atoms with Gasteiger partial charge in [0.05, 0.1) is 19.9 Å². The zero-order valence-electron chi connectivity index (χ0n) is 20.8. The summed E-state index contributed by atoms with van der Waals surface area (Å²) < 4.78 is 11.0. The molecule has 33 heavy (non-hydrogen) atoms. The predicted octanol–water partition coefficient (Wildman–Crippen LogP) is 6.73. The normalized spacial score (nSPS) is 12.7. The summed E-state index contributed by atoms with van der Waals surface area (Å²) in [6, 6.07) is 7.70. The largest absolute Gasteiger partial charge is 0.497 e. The summed E-state index contributed by atoms with van der Waals surface area (Å²) in [5, 5.41) is 7.11. The van der Waals surface area contributed by atoms with Crippen LogP contribution in [0.25, 0.3) is 0 Å². The number of amides is 2. The molecule has 2 rings (SSSR count). The molecule has 0 bridgehead atoms. The lowest BCUT2D eigenvalue weighted by Crippen LogP contribution is -2.39. The number of carbonyl (C=O) groups excluding carboxylic acids is 1. The maximum atomic E-state index is 13.0. The fourth-order valence-electron chi connectivity index (χ4n) is 3.85. The van der Waals surface area contributed by atoms with Crippen molar-refractivity contribution in [3.8, 4) is 11.5 Å². The van der Waals surface area contributed by atoms with Gasteiger partial charge in [0, 0.05) is 22.2 Å². The number of unbranched alkanes of at least 4 members (excludes halogenated alkanes) is 1. The van der Waals surface area contributed by atoms with Crippen LogP contribution in [0.5, 0.6) is 11.5 Å². The molecule has 1 heterocycles. The molecule has 2 amide bonds. The number of urea groups is 1. The highest BCUT2D eigenvalue weighted by molar-refractivity contribution is 7.99. The topological polar surface area (TPSA) is 72.5 Å². The van der Waals surface area contributed by atoms with Crippen molar-refractivity contribution in [1.82, 2.24) is 10.3 Å². The molecule has 182 valence electrons. The van der Waals surface area contributed by atoms with Crippen LogP contribution in [-0.4, -0.2) is 43.8 Å². The number of anilines is 1. The lowest BCUT2D eigenvalue weighted by Gasteiger charge is -2.24. The number of thioether (sulfide) groups is 2. The quantitative estimate of drug-likeness (QED) is 0.321. The van der Waals surface area contributed by atoms with Crippen molar-refractivity contribution < 1.29 is 14.3 Å². The smallest absolute Gasteiger partial charge is 0.319 e. The van der Waals surface area contributed by atoms with E-state index in [0.717, 1.165) is 64.0 Å². The van der Waals surface area contributed by atoms with Crippen LogP contribution in [0.2, 0.25) is 0 Å². The van der Waals surface area contributed by atoms with Gasteiger partial charge in [-0.2, -0.15) is 0 Å². The maximum absolute atomic E-state index is 13.0. The second-order valence-electron chi connectivity index (χ2n) is 8.03. The predicted molar refractivity (Wildman–Crippen MR) is 141 cm³/mol. The van der Waals surface area contributed by atoms with Gasteiger partial charge in [-0.25, -0.2) is 9.78 Å². The van der Waals surface area contributed by atoms with E-state index in [1.54, 1.807) is 26.0 Å². The molecule has 0 spiro atoms. The van der Waals surface area contributed by atoms with Gasteiger partial charge in [-0.1, -0.05) is 26.7 Å². The van der Waals surface area contributed by atoms with E-state index in [1.807, 2.05) is 43.7 Å². The van der Waals surface area contributed by atoms with Crippen molar-refractivity contribution >= 4 is 35.2 Å². The zero-order valence-corrected chi connectivity index (χ0v) is 22.4. The van der Waals surface area contributed by atoms with Crippen LogP contribution in [-0.2, 0) is 0 Å². The third-order valence-electron chi connectivity index (χ3n) is 5.58. The molecule has 2 atom stereocenters. The van der Waals surface area contributed by atoms with Crippen LogP contribution in [0.4, 0.5) is 10.5 Å². The number of nitrogens with one attached hydrogen (secondary N) is 2. The van der Waals surface area contributed by atoms with Crippen LogP contribution < -0.4 is 20.1 Å². The molecular formula is C25H37N3O3S2. The number of ether oxygens (including phenoxy) is 2. The highest BCUT2D eigenvalue weighted by Gasteiger charge is 2.21. The summed E-state index contributed by atoms with van der Waals surface area (Å²) in [7, 11) is 3.35. The van der Waals surface area contributed by atoms with E-state index >= 15 is 0 Å². The highest BCUT2D eigenvalue weighted by Crippen LogP contribution is 2.35. The van der Waals surface area contributed by atoms with E-state index in [1.165, 1.54) is 11.8 Å². The number of carbonyl (C=O) groups is 1. The van der Waals surface area contributed by atoms with Crippen molar-refractivity contribution in [2.24, 2.45) is 0 Å². The van der Waals surface area contributed by atoms with Crippen LogP contribution in [0, 0.1) is 6.92 Å². The van der Waals surface area contributed by atoms with Crippen LogP contribution >= 0.6 is 23.5 Å². The van der Waals surface area contributed by atoms with Crippen molar-refractivity contribution in [2.45, 2.75) is 68.3 Å². The molecule has 2 aromatic rings. The van der Waals surface area contributed by atoms with Crippen molar-refractivity contribution in [1.29, 1.82) is 0 Å². The van der Waals surface area contributed by atoms with Crippen molar-refractivity contribution in [2.75, 3.05) is 32.0 Å². The van der Waals surface area contributed by atoms with Gasteiger partial charge in [0.1, 0.15) is 16.5 Å². The summed E-state index contributed by atoms with van der Waals surface area (Å²) >= 11 is 3.14. The summed E-state index contributed by atoms with van der Waals surface area (Å²) in [5.74, 6) is 1.82. The van der Waals surface area contributed by atoms with Gasteiger partial charge in [-0.05, 0) is 62.5 Å². The number of methoxy groups -OCH3 is 2. The Hall–Kier alpha value is -2.06. The Morgan fingerprint density at radius 2 is 1.91 bits per heavy atom. The Morgan fingerprint density at radius 1 is 1.15 bits per heavy atom. The van der Waals surface area contributed by atoms with Gasteiger partial charge in [0.2, 0.25) is 0 Å². The first-order chi connectivity index (χ1) is 15.9. The number of nitrogens with zero attached hydrogens (tertiary/aromatic N) is 1. The molecule has 0 saturated carbocycles. The van der Waals surface area contributed by atoms with Gasteiger partial charge in [0.25, 0.3) is 0 Å². The van der Waals surface area contributed by atoms with Crippen molar-refractivity contribution in [3.63, 3.8) is 0 Å². The van der Waals surface area contributed by atoms with E-state index in [9.17, 15) is 4.79 Å². The van der Waals surface area contributed by atoms with E-state index < -0.39 is 0 Å². The third-order valence-corrected chi connectivity index (χ3v) is 7.02. The second-order valence-corrected chi connectivity index (χ2v) is 9.68. The van der Waals surface area contributed by atoms with Crippen LogP contribution in [0.1, 0.15) is 56.7 Å². The SMILES string of the molecule is CCCCC(CC(C)c1cc(OC)ccc1OC)NC(=O)Nc1c(SC)cc(C)nc1SC. The molecule has 1 aromatic heterocycles. The summed E-state index contributed by atoms with van der Waals surface area (Å²) in [4.78, 5) is 18.6. The maximum Gasteiger partial charge on any atom is 0.319 e. The van der Waals surface area contributed by atoms with E-state index in [0.29, 0.717) is 0 Å². The van der Waals surface area contributed by atoms with Gasteiger partial charge >= 0.3 is 6.03 Å². The number of hydrogen-bond acceptors (Lipinski definition) is 6. The molecule has 0 radical (unpaired) electrons. The Labute approximate surface area is 207 Å². The Morgan fingerprint density at radius 3 is 2.52 bits per heavy atom. The number of rotatable bonds is 12. The minimum absolute atomic E-state index is 0.0322. The fourth-order valence-corrected chi connectivity index (χ4v) is 5.16. The van der Waals surface area contributed by atoms with E-state index in [4.69, 9.17) is 9.47 Å². The van der Waals surface area contributed by atoms with E-state index in [-0.39, 0.29) is 18.0 Å². The summed E-state index contributed by atoms with van der Waals surface area (Å²) in [6.07, 6.45) is 7.82. The Balaban J connectivity index is 2.19. The molecule has 0 saturated heterocycles. The number of aromatic nitrogens is 1. The van der Waals surface area contributed by atoms with E-state index in [2.05, 4.69) is 29.5 Å². The number of aryl methyl sites for hydroxylation is 1. The number of benzene rings is 1. The molecule has 0 fully saturated rings. The Kier molecular flexibility index (Phi) is 11.2. The van der Waals surface area contributed by atoms with Gasteiger partial charge in [-0.15, -0.1) is 23.5 Å². The molecule has 6 nitrogen and oxygen atoms in total. The summed E-state index contributed by atoms with van der Waals surface area (Å²) in [5.41, 5.74) is 2.80. The lowest BCUT2D eigenvalue weighted by molar-refractivity contribution is 0.245. The average Bonchev–Trinajstić information content (AvgIpc) is 2.82. The first-order valence-corrected chi connectivity index (χ1v) is 13.7. The molecule has 1 aromatic carbocycles. The molecule has 0 aliphatic rings. The van der Waals surface area contributed by atoms with Crippen LogP contribution in [0.3, 0.4) is 0 Å². The molecule has 8 heteroatoms. The minimum Gasteiger partial charge on any atom is -0.497 e. The molecular weight excluding hydrogens is 454 g/mol. The van der Waals surface area contributed by atoms with Crippen molar-refractivity contribution in [3.05, 3.63) is 35.5 Å². The Bertz CT molecular complexity index is 899. The zero-order chi connectivity index (χ0) is 24.4. The molecule has 0 aliphatic carbocycles. The number of hydrogen-bond donors (Lipinski definition) is 2. The molecule has 2 unspecified atom stereocenters. The lowest BCUT2D eigenvalue weighted by atomic mass is 9.91. The van der Waals surface area contributed by atoms with Gasteiger partial charge < -0.3 is 20.1 Å². The van der Waals surface area contributed by atoms with Gasteiger partial charge in [-0.3, -0.25) is 0 Å². The third kappa shape index (κ3) is 7.74. The fraction of sp³-hybridized carbons (Fsp3) is 0.520. The molecule has 2 N–H and O–H groups in total. The monoisotopic (exact) mass is 491 g/mol. The first kappa shape index (κ1) is 27.2. The minimum atomic E-state index is -0.197. The molecule has 0 aliphatic heterocycles. The first-order valence-electron chi connectivity index (χ1n) is 11.3. The van der Waals surface area contributed by atoms with Gasteiger partial charge in [0.15, 0.2) is 0 Å². The summed E-state index contributed by atoms with van der Waals surface area (Å²) in [6.45, 7) is 6.30. The standard InChI is InChI=1S/C25H37N3O3S2/c1-8-9-10-18(13-16(2)20-15-19(30-4)11-12-21(20)31-5)27-25(29)28-23-22(32-6)14-17(3)26-24(23)33-7/h11-12,14-16,18H,8-10,13H2,1-7H3,(H2,27,28,29). The van der Waals surface area contributed by atoms with Crippen LogP contribution in [0.15, 0.2) is 34.2 Å².